The lowest BCUT2D eigenvalue weighted by Crippen LogP contribution is -2.33. The van der Waals surface area contributed by atoms with Gasteiger partial charge in [0.1, 0.15) is 0 Å². The van der Waals surface area contributed by atoms with E-state index in [4.69, 9.17) is 0 Å². The van der Waals surface area contributed by atoms with Crippen LogP contribution in [0.1, 0.15) is 78.1 Å². The zero-order valence-corrected chi connectivity index (χ0v) is 39.3. The maximum absolute atomic E-state index is 2.55. The quantitative estimate of drug-likeness (QED) is 0.138. The fourth-order valence-electron chi connectivity index (χ4n) is 10.6. The molecule has 0 spiro atoms. The normalized spacial score (nSPS) is 12.9. The lowest BCUT2D eigenvalue weighted by molar-refractivity contribution is 0.660. The molecule has 8 aromatic carbocycles. The zero-order valence-electron chi connectivity index (χ0n) is 38.5. The van der Waals surface area contributed by atoms with Crippen molar-refractivity contribution in [1.82, 2.24) is 0 Å². The van der Waals surface area contributed by atoms with E-state index in [1.807, 2.05) is 11.3 Å². The molecule has 0 fully saturated rings. The molecule has 0 N–H and O–H groups in total. The van der Waals surface area contributed by atoms with Crippen molar-refractivity contribution >= 4 is 61.1 Å². The molecule has 9 aromatic rings. The van der Waals surface area contributed by atoms with Gasteiger partial charge in [-0.25, -0.2) is 0 Å². The average Bonchev–Trinajstić information content (AvgIpc) is 3.75. The maximum atomic E-state index is 2.55. The van der Waals surface area contributed by atoms with Crippen molar-refractivity contribution in [3.63, 3.8) is 0 Å². The number of benzene rings is 8. The van der Waals surface area contributed by atoms with E-state index in [2.05, 4.69) is 220 Å². The van der Waals surface area contributed by atoms with E-state index < -0.39 is 0 Å². The highest BCUT2D eigenvalue weighted by molar-refractivity contribution is 7.26. The smallest absolute Gasteiger partial charge is 0.195 e. The van der Waals surface area contributed by atoms with Gasteiger partial charge in [-0.15, -0.1) is 11.3 Å². The molecule has 0 amide bonds. The van der Waals surface area contributed by atoms with Crippen LogP contribution in [0.15, 0.2) is 146 Å². The summed E-state index contributed by atoms with van der Waals surface area (Å²) in [7, 11) is 3.07. The summed E-state index contributed by atoms with van der Waals surface area (Å²) in [4.78, 5) is 2.46. The summed E-state index contributed by atoms with van der Waals surface area (Å²) in [5.41, 5.74) is 26.3. The minimum atomic E-state index is -0.0431. The topological polar surface area (TPSA) is 3.24 Å². The molecule has 0 saturated carbocycles. The standard InChI is InChI=1S/C60H56BNS/c1-35(2)45-32-56(57(33-49(45)42-18-12-11-17-38(42)5)62(10)41-25-26-54-50(30-41)43-19-13-15-21-53(43)60(54,8)9)61-55-34-59-52(44-20-14-16-22-58(44)63-59)31-51(55)48-29-37(4)28-47(40(48)7)46-27-36(3)23-24-39(46)6/h11-35,61H,1-10H3. The van der Waals surface area contributed by atoms with E-state index >= 15 is 0 Å². The Hall–Kier alpha value is -6.16. The van der Waals surface area contributed by atoms with Crippen molar-refractivity contribution in [3.05, 3.63) is 190 Å². The first-order valence-electron chi connectivity index (χ1n) is 22.6. The van der Waals surface area contributed by atoms with Gasteiger partial charge in [-0.3, -0.25) is 0 Å². The molecular weight excluding hydrogens is 778 g/mol. The van der Waals surface area contributed by atoms with E-state index in [0.29, 0.717) is 5.92 Å². The number of aryl methyl sites for hydroxylation is 4. The first-order chi connectivity index (χ1) is 30.3. The van der Waals surface area contributed by atoms with Crippen LogP contribution in [0.3, 0.4) is 0 Å². The van der Waals surface area contributed by atoms with E-state index in [0.717, 1.165) is 7.28 Å². The zero-order chi connectivity index (χ0) is 43.9. The minimum absolute atomic E-state index is 0.0431. The van der Waals surface area contributed by atoms with Crippen molar-refractivity contribution in [2.24, 2.45) is 0 Å². The summed E-state index contributed by atoms with van der Waals surface area (Å²) in [6.45, 7) is 20.7. The van der Waals surface area contributed by atoms with Crippen LogP contribution in [0.5, 0.6) is 0 Å². The fraction of sp³-hybridized carbons (Fsp3) is 0.200. The van der Waals surface area contributed by atoms with Crippen LogP contribution in [0.2, 0.25) is 0 Å². The molecule has 0 unspecified atom stereocenters. The number of rotatable bonds is 8. The fourth-order valence-corrected chi connectivity index (χ4v) is 11.8. The molecule has 0 radical (unpaired) electrons. The predicted octanol–water partition coefficient (Wildman–Crippen LogP) is 15.2. The molecule has 0 atom stereocenters. The highest BCUT2D eigenvalue weighted by Gasteiger charge is 2.35. The van der Waals surface area contributed by atoms with E-state index in [9.17, 15) is 0 Å². The van der Waals surface area contributed by atoms with Crippen molar-refractivity contribution in [2.45, 2.75) is 73.6 Å². The molecule has 1 aliphatic carbocycles. The predicted molar refractivity (Wildman–Crippen MR) is 278 cm³/mol. The Bertz CT molecular complexity index is 3290. The van der Waals surface area contributed by atoms with Crippen LogP contribution >= 0.6 is 11.3 Å². The Morgan fingerprint density at radius 2 is 1.16 bits per heavy atom. The van der Waals surface area contributed by atoms with Crippen LogP contribution in [-0.4, -0.2) is 14.3 Å². The first kappa shape index (κ1) is 40.9. The second kappa shape index (κ2) is 15.6. The van der Waals surface area contributed by atoms with Gasteiger partial charge in [-0.2, -0.15) is 0 Å². The molecule has 1 heterocycles. The van der Waals surface area contributed by atoms with Gasteiger partial charge < -0.3 is 4.90 Å². The number of hydrogen-bond acceptors (Lipinski definition) is 2. The Balaban J connectivity index is 1.21. The number of hydrogen-bond donors (Lipinski definition) is 0. The molecule has 3 heteroatoms. The molecule has 310 valence electrons. The van der Waals surface area contributed by atoms with Gasteiger partial charge in [0.15, 0.2) is 7.28 Å². The molecule has 1 nitrogen and oxygen atoms in total. The monoisotopic (exact) mass is 833 g/mol. The lowest BCUT2D eigenvalue weighted by atomic mass is 9.60. The lowest BCUT2D eigenvalue weighted by Gasteiger charge is -2.28. The van der Waals surface area contributed by atoms with Crippen LogP contribution in [0.4, 0.5) is 11.4 Å². The highest BCUT2D eigenvalue weighted by atomic mass is 32.1. The van der Waals surface area contributed by atoms with E-state index in [-0.39, 0.29) is 5.41 Å². The van der Waals surface area contributed by atoms with Crippen LogP contribution < -0.4 is 15.8 Å². The second-order valence-electron chi connectivity index (χ2n) is 19.1. The molecule has 1 aliphatic rings. The third kappa shape index (κ3) is 6.93. The van der Waals surface area contributed by atoms with Crippen LogP contribution in [-0.2, 0) is 5.41 Å². The Labute approximate surface area is 379 Å². The van der Waals surface area contributed by atoms with Gasteiger partial charge >= 0.3 is 0 Å². The number of fused-ring (bicyclic) bond motifs is 6. The summed E-state index contributed by atoms with van der Waals surface area (Å²) >= 11 is 1.91. The summed E-state index contributed by atoms with van der Waals surface area (Å²) in [5, 5.41) is 2.66. The van der Waals surface area contributed by atoms with E-state index in [1.54, 1.807) is 0 Å². The van der Waals surface area contributed by atoms with Crippen molar-refractivity contribution in [3.8, 4) is 44.5 Å². The molecule has 0 saturated heterocycles. The Morgan fingerprint density at radius 3 is 1.94 bits per heavy atom. The molecule has 0 aliphatic heterocycles. The Morgan fingerprint density at radius 1 is 0.492 bits per heavy atom. The third-order valence-corrected chi connectivity index (χ3v) is 15.3. The Kier molecular flexibility index (Phi) is 10.1. The minimum Gasteiger partial charge on any atom is -0.345 e. The summed E-state index contributed by atoms with van der Waals surface area (Å²) in [5.74, 6) is 0.333. The molecule has 1 aromatic heterocycles. The molecule has 63 heavy (non-hydrogen) atoms. The van der Waals surface area contributed by atoms with Crippen molar-refractivity contribution < 1.29 is 0 Å². The first-order valence-corrected chi connectivity index (χ1v) is 23.4. The van der Waals surface area contributed by atoms with Crippen LogP contribution in [0.25, 0.3) is 64.7 Å². The molecule has 0 bridgehead atoms. The summed E-state index contributed by atoms with van der Waals surface area (Å²) in [6, 6.07) is 55.8. The second-order valence-corrected chi connectivity index (χ2v) is 20.2. The molecule has 10 rings (SSSR count). The van der Waals surface area contributed by atoms with Gasteiger partial charge in [-0.05, 0) is 160 Å². The van der Waals surface area contributed by atoms with Crippen LogP contribution in [0, 0.1) is 34.6 Å². The number of thiophene rings is 1. The van der Waals surface area contributed by atoms with E-state index in [1.165, 1.54) is 131 Å². The van der Waals surface area contributed by atoms with Gasteiger partial charge in [0.25, 0.3) is 0 Å². The summed E-state index contributed by atoms with van der Waals surface area (Å²) < 4.78 is 2.67. The highest BCUT2D eigenvalue weighted by Crippen LogP contribution is 2.50. The van der Waals surface area contributed by atoms with Gasteiger partial charge in [0, 0.05) is 44.0 Å². The van der Waals surface area contributed by atoms with Gasteiger partial charge in [0.2, 0.25) is 0 Å². The average molecular weight is 834 g/mol. The number of anilines is 2. The maximum Gasteiger partial charge on any atom is 0.195 e. The van der Waals surface area contributed by atoms with Gasteiger partial charge in [0.05, 0.1) is 0 Å². The SMILES string of the molecule is Cc1ccc(C)c(-c2cc(C)cc(-c3cc4c(cc3Bc3cc(C(C)C)c(-c5ccccc5C)cc3N(C)c3ccc5c(c3)-c3ccccc3C5(C)C)sc3ccccc34)c2C)c1. The number of nitrogens with zero attached hydrogens (tertiary/aromatic N) is 1. The largest absolute Gasteiger partial charge is 0.345 e. The third-order valence-electron chi connectivity index (χ3n) is 14.1. The van der Waals surface area contributed by atoms with Gasteiger partial charge in [-0.1, -0.05) is 153 Å². The summed E-state index contributed by atoms with van der Waals surface area (Å²) in [6.07, 6.45) is 0. The molecular formula is C60H56BNS. The van der Waals surface area contributed by atoms with Crippen molar-refractivity contribution in [2.75, 3.05) is 11.9 Å². The van der Waals surface area contributed by atoms with Crippen molar-refractivity contribution in [1.29, 1.82) is 0 Å².